The highest BCUT2D eigenvalue weighted by Gasteiger charge is 2.35. The summed E-state index contributed by atoms with van der Waals surface area (Å²) in [5, 5.41) is 12.3. The number of nitrogens with zero attached hydrogens (tertiary/aromatic N) is 3. The Bertz CT molecular complexity index is 2040. The first-order valence-electron chi connectivity index (χ1n) is 13.6. The fraction of sp³-hybridized carbons (Fsp3) is 0.167. The molecule has 3 heterocycles. The Kier molecular flexibility index (Phi) is 5.18. The van der Waals surface area contributed by atoms with Gasteiger partial charge < -0.3 is 9.32 Å². The molecule has 0 unspecified atom stereocenters. The number of aromatic nitrogens is 1. The number of furan rings is 1. The van der Waals surface area contributed by atoms with Crippen LogP contribution in [0.3, 0.4) is 0 Å². The van der Waals surface area contributed by atoms with Crippen LogP contribution in [0.25, 0.3) is 44.3 Å². The van der Waals surface area contributed by atoms with Gasteiger partial charge in [0.15, 0.2) is 6.20 Å². The molecule has 0 fully saturated rings. The second-order valence-electron chi connectivity index (χ2n) is 11.3. The number of pyridine rings is 1. The summed E-state index contributed by atoms with van der Waals surface area (Å²) in [5.41, 5.74) is 12.1. The van der Waals surface area contributed by atoms with E-state index in [2.05, 4.69) is 123 Å². The minimum Gasteiger partial charge on any atom is -0.454 e. The van der Waals surface area contributed by atoms with Crippen LogP contribution in [0.1, 0.15) is 36.1 Å². The molecule has 0 N–H and O–H groups in total. The van der Waals surface area contributed by atoms with E-state index in [1.54, 1.807) is 0 Å². The average molecular weight is 521 g/mol. The third-order valence-electron chi connectivity index (χ3n) is 8.71. The molecule has 0 aliphatic carbocycles. The number of rotatable bonds is 2. The van der Waals surface area contributed by atoms with Gasteiger partial charge in [0.2, 0.25) is 5.69 Å². The van der Waals surface area contributed by atoms with Gasteiger partial charge in [-0.1, -0.05) is 56.3 Å². The van der Waals surface area contributed by atoms with Gasteiger partial charge in [0.1, 0.15) is 18.2 Å². The Labute approximate surface area is 234 Å². The van der Waals surface area contributed by atoms with Crippen molar-refractivity contribution in [3.8, 4) is 28.5 Å². The van der Waals surface area contributed by atoms with Gasteiger partial charge in [0.25, 0.3) is 0 Å². The highest BCUT2D eigenvalue weighted by molar-refractivity contribution is 6.14. The van der Waals surface area contributed by atoms with E-state index in [0.29, 0.717) is 5.56 Å². The number of fused-ring (bicyclic) bond motifs is 5. The number of hydrogen-bond donors (Lipinski definition) is 0. The van der Waals surface area contributed by atoms with E-state index in [-0.39, 0.29) is 5.41 Å². The molecule has 40 heavy (non-hydrogen) atoms. The van der Waals surface area contributed by atoms with Gasteiger partial charge in [0.05, 0.1) is 17.2 Å². The molecular formula is C36H30N3O+. The third kappa shape index (κ3) is 3.28. The van der Waals surface area contributed by atoms with Crippen molar-refractivity contribution in [1.29, 1.82) is 5.26 Å². The molecule has 0 spiro atoms. The number of hydrogen-bond acceptors (Lipinski definition) is 3. The topological polar surface area (TPSA) is 44.1 Å². The van der Waals surface area contributed by atoms with E-state index in [1.807, 2.05) is 18.2 Å². The lowest BCUT2D eigenvalue weighted by Crippen LogP contribution is -2.30. The Morgan fingerprint density at radius 1 is 0.800 bits per heavy atom. The molecular weight excluding hydrogens is 490 g/mol. The summed E-state index contributed by atoms with van der Waals surface area (Å²) < 4.78 is 8.91. The van der Waals surface area contributed by atoms with Crippen LogP contribution in [-0.4, -0.2) is 7.05 Å². The maximum Gasteiger partial charge on any atom is 0.216 e. The SMILES string of the molecule is Cc1ccc2c(oc3c(-c4ccc5c(c4)N(C)c4ccccc4C5(C)C)c(C#N)ccc32)c1-c1cccc[n+]1C. The summed E-state index contributed by atoms with van der Waals surface area (Å²) in [4.78, 5) is 2.26. The minimum atomic E-state index is -0.141. The molecule has 1 aliphatic rings. The van der Waals surface area contributed by atoms with Crippen LogP contribution in [0.5, 0.6) is 0 Å². The van der Waals surface area contributed by atoms with Gasteiger partial charge >= 0.3 is 0 Å². The Morgan fingerprint density at radius 3 is 2.27 bits per heavy atom. The lowest BCUT2D eigenvalue weighted by molar-refractivity contribution is -0.660. The second kappa shape index (κ2) is 8.56. The predicted molar refractivity (Wildman–Crippen MR) is 162 cm³/mol. The van der Waals surface area contributed by atoms with E-state index in [4.69, 9.17) is 4.42 Å². The van der Waals surface area contributed by atoms with Gasteiger partial charge in [-0.05, 0) is 59.5 Å². The molecule has 0 radical (unpaired) electrons. The zero-order chi connectivity index (χ0) is 27.8. The molecule has 0 bridgehead atoms. The molecule has 4 aromatic carbocycles. The van der Waals surface area contributed by atoms with Crippen LogP contribution in [0.2, 0.25) is 0 Å². The number of benzene rings is 4. The van der Waals surface area contributed by atoms with Crippen LogP contribution in [0, 0.1) is 18.3 Å². The number of nitriles is 1. The van der Waals surface area contributed by atoms with Gasteiger partial charge in [-0.2, -0.15) is 5.26 Å². The van der Waals surface area contributed by atoms with Gasteiger partial charge in [-0.3, -0.25) is 0 Å². The van der Waals surface area contributed by atoms with Crippen LogP contribution in [0.4, 0.5) is 11.4 Å². The zero-order valence-corrected chi connectivity index (χ0v) is 23.4. The summed E-state index contributed by atoms with van der Waals surface area (Å²) in [6.07, 6.45) is 2.05. The van der Waals surface area contributed by atoms with Crippen molar-refractivity contribution in [3.05, 3.63) is 113 Å². The van der Waals surface area contributed by atoms with Crippen molar-refractivity contribution in [2.45, 2.75) is 26.2 Å². The first-order chi connectivity index (χ1) is 19.3. The van der Waals surface area contributed by atoms with Crippen molar-refractivity contribution in [2.75, 3.05) is 11.9 Å². The smallest absolute Gasteiger partial charge is 0.216 e. The highest BCUT2D eigenvalue weighted by atomic mass is 16.3. The molecule has 1 aliphatic heterocycles. The fourth-order valence-corrected chi connectivity index (χ4v) is 6.55. The van der Waals surface area contributed by atoms with Crippen LogP contribution in [-0.2, 0) is 12.5 Å². The molecule has 194 valence electrons. The van der Waals surface area contributed by atoms with E-state index in [9.17, 15) is 5.26 Å². The summed E-state index contributed by atoms with van der Waals surface area (Å²) in [6.45, 7) is 6.69. The quantitative estimate of drug-likeness (QED) is 0.216. The summed E-state index contributed by atoms with van der Waals surface area (Å²) >= 11 is 0. The number of anilines is 2. The Balaban J connectivity index is 1.51. The molecule has 7 rings (SSSR count). The lowest BCUT2D eigenvalue weighted by Gasteiger charge is -2.40. The number of aryl methyl sites for hydroxylation is 2. The third-order valence-corrected chi connectivity index (χ3v) is 8.71. The van der Waals surface area contributed by atoms with Gasteiger partial charge in [-0.15, -0.1) is 0 Å². The van der Waals surface area contributed by atoms with Crippen molar-refractivity contribution in [3.63, 3.8) is 0 Å². The Morgan fingerprint density at radius 2 is 1.50 bits per heavy atom. The van der Waals surface area contributed by atoms with Crippen molar-refractivity contribution < 1.29 is 8.98 Å². The number of para-hydroxylation sites is 1. The first-order valence-corrected chi connectivity index (χ1v) is 13.6. The van der Waals surface area contributed by atoms with Crippen molar-refractivity contribution in [2.24, 2.45) is 7.05 Å². The van der Waals surface area contributed by atoms with Crippen LogP contribution in [0.15, 0.2) is 95.5 Å². The predicted octanol–water partition coefficient (Wildman–Crippen LogP) is 8.33. The Hall–Kier alpha value is -4.88. The van der Waals surface area contributed by atoms with E-state index in [0.717, 1.165) is 55.6 Å². The maximum absolute atomic E-state index is 10.2. The minimum absolute atomic E-state index is 0.141. The molecule has 2 aromatic heterocycles. The van der Waals surface area contributed by atoms with Gasteiger partial charge in [-0.25, -0.2) is 4.57 Å². The molecule has 0 atom stereocenters. The molecule has 0 amide bonds. The van der Waals surface area contributed by atoms with E-state index >= 15 is 0 Å². The molecule has 6 aromatic rings. The molecule has 4 heteroatoms. The van der Waals surface area contributed by atoms with Crippen molar-refractivity contribution >= 4 is 33.3 Å². The van der Waals surface area contributed by atoms with Crippen molar-refractivity contribution in [1.82, 2.24) is 0 Å². The van der Waals surface area contributed by atoms with Crippen LogP contribution >= 0.6 is 0 Å². The summed E-state index contributed by atoms with van der Waals surface area (Å²) in [7, 11) is 4.18. The summed E-state index contributed by atoms with van der Waals surface area (Å²) in [5.74, 6) is 0. The highest BCUT2D eigenvalue weighted by Crippen LogP contribution is 2.50. The first kappa shape index (κ1) is 24.2. The van der Waals surface area contributed by atoms with Crippen LogP contribution < -0.4 is 9.47 Å². The largest absolute Gasteiger partial charge is 0.454 e. The summed E-state index contributed by atoms with van der Waals surface area (Å²) in [6, 6.07) is 32.1. The molecule has 4 nitrogen and oxygen atoms in total. The van der Waals surface area contributed by atoms with E-state index in [1.165, 1.54) is 16.8 Å². The molecule has 0 saturated heterocycles. The normalized spacial score (nSPS) is 13.8. The fourth-order valence-electron chi connectivity index (χ4n) is 6.55. The molecule has 0 saturated carbocycles. The van der Waals surface area contributed by atoms with E-state index < -0.39 is 0 Å². The average Bonchev–Trinajstić information content (AvgIpc) is 3.34. The lowest BCUT2D eigenvalue weighted by atomic mass is 9.73. The standard InChI is InChI=1S/C36H30N3O/c1-22-13-16-25-26-17-14-24(21-37)33(35(26)40-34(25)32(22)30-12-8-9-19-38(30)4)23-15-18-28-31(20-23)39(5)29-11-7-6-10-27(29)36(28,2)3/h6-20H,1-5H3/q+1. The maximum atomic E-state index is 10.2. The second-order valence-corrected chi connectivity index (χ2v) is 11.3. The van der Waals surface area contributed by atoms with Gasteiger partial charge in [0, 0.05) is 52.3 Å². The zero-order valence-electron chi connectivity index (χ0n) is 23.4. The monoisotopic (exact) mass is 520 g/mol.